The maximum atomic E-state index is 5.93. The average molecular weight is 548 g/mol. The molecule has 0 aliphatic heterocycles. The predicted octanol–water partition coefficient (Wildman–Crippen LogP) is 6.75. The van der Waals surface area contributed by atoms with E-state index in [1.54, 1.807) is 23.9 Å². The van der Waals surface area contributed by atoms with Gasteiger partial charge in [0.05, 0.1) is 23.6 Å². The highest BCUT2D eigenvalue weighted by Crippen LogP contribution is 2.25. The van der Waals surface area contributed by atoms with E-state index in [0.717, 1.165) is 10.7 Å². The molecule has 32 heavy (non-hydrogen) atoms. The second kappa shape index (κ2) is 20.9. The van der Waals surface area contributed by atoms with E-state index in [4.69, 9.17) is 65.4 Å². The van der Waals surface area contributed by atoms with Crippen molar-refractivity contribution in [3.8, 4) is 11.8 Å². The van der Waals surface area contributed by atoms with E-state index in [9.17, 15) is 0 Å². The summed E-state index contributed by atoms with van der Waals surface area (Å²) >= 11 is 22.9. The molecule has 0 bridgehead atoms. The molecule has 11 heteroatoms. The number of aromatic nitrogens is 2. The van der Waals surface area contributed by atoms with Gasteiger partial charge in [0, 0.05) is 18.9 Å². The minimum absolute atomic E-state index is 0.194. The van der Waals surface area contributed by atoms with Gasteiger partial charge in [0.1, 0.15) is 23.3 Å². The van der Waals surface area contributed by atoms with Crippen molar-refractivity contribution in [3.63, 3.8) is 0 Å². The molecule has 2 heterocycles. The Labute approximate surface area is 215 Å². The number of hydrogen-bond donors (Lipinski definition) is 0. The fraction of sp³-hybridized carbons (Fsp3) is 0.524. The fourth-order valence-corrected chi connectivity index (χ4v) is 2.62. The number of pyridine rings is 2. The second-order valence-electron chi connectivity index (χ2n) is 5.57. The molecule has 0 aromatic carbocycles. The Balaban J connectivity index is 0.000000536. The van der Waals surface area contributed by atoms with Crippen LogP contribution in [0.15, 0.2) is 29.3 Å². The number of alkyl halides is 2. The number of hydrogen-bond acceptors (Lipinski definition) is 7. The van der Waals surface area contributed by atoms with Crippen molar-refractivity contribution in [3.05, 3.63) is 40.0 Å². The lowest BCUT2D eigenvalue weighted by molar-refractivity contribution is 0.108. The van der Waals surface area contributed by atoms with Gasteiger partial charge in [0.15, 0.2) is 0 Å². The summed E-state index contributed by atoms with van der Waals surface area (Å²) < 4.78 is 21.0. The molecule has 2 aromatic heterocycles. The van der Waals surface area contributed by atoms with Gasteiger partial charge in [-0.15, -0.1) is 35.0 Å². The molecular weight excluding hydrogens is 518 g/mol. The highest BCUT2D eigenvalue weighted by Gasteiger charge is 2.04. The molecule has 2 aromatic rings. The van der Waals surface area contributed by atoms with Crippen LogP contribution >= 0.6 is 58.2 Å². The summed E-state index contributed by atoms with van der Waals surface area (Å²) in [6, 6.07) is 7.27. The predicted molar refractivity (Wildman–Crippen MR) is 136 cm³/mol. The Hall–Kier alpha value is -0.670. The molecule has 0 aliphatic rings. The minimum atomic E-state index is 0.194. The van der Waals surface area contributed by atoms with Crippen molar-refractivity contribution < 1.29 is 18.9 Å². The number of halogens is 4. The quantitative estimate of drug-likeness (QED) is 0.175. The van der Waals surface area contributed by atoms with E-state index >= 15 is 0 Å². The lowest BCUT2D eigenvalue weighted by Crippen LogP contribution is -2.07. The first-order valence-electron chi connectivity index (χ1n) is 9.80. The molecule has 0 atom stereocenters. The lowest BCUT2D eigenvalue weighted by Gasteiger charge is -2.07. The smallest absolute Gasteiger partial charge is 0.233 e. The Bertz CT molecular complexity index is 745. The number of aryl methyl sites for hydroxylation is 1. The average Bonchev–Trinajstić information content (AvgIpc) is 2.78. The van der Waals surface area contributed by atoms with Gasteiger partial charge in [-0.05, 0) is 51.3 Å². The fourth-order valence-electron chi connectivity index (χ4n) is 1.92. The summed E-state index contributed by atoms with van der Waals surface area (Å²) in [5.41, 5.74) is 0.890. The van der Waals surface area contributed by atoms with Gasteiger partial charge >= 0.3 is 0 Å². The number of ether oxygens (including phenoxy) is 4. The van der Waals surface area contributed by atoms with E-state index in [0.29, 0.717) is 61.4 Å². The van der Waals surface area contributed by atoms with Crippen LogP contribution in [0.1, 0.15) is 19.5 Å². The van der Waals surface area contributed by atoms with Crippen LogP contribution in [-0.2, 0) is 9.47 Å². The third kappa shape index (κ3) is 15.2. The molecule has 0 fully saturated rings. The second-order valence-corrected chi connectivity index (χ2v) is 8.02. The van der Waals surface area contributed by atoms with Gasteiger partial charge in [-0.25, -0.2) is 9.97 Å². The largest absolute Gasteiger partial charge is 0.474 e. The van der Waals surface area contributed by atoms with Crippen LogP contribution < -0.4 is 9.47 Å². The molecule has 0 unspecified atom stereocenters. The number of nitrogens with zero attached hydrogens (tertiary/aromatic N) is 2. The van der Waals surface area contributed by atoms with Gasteiger partial charge in [0.25, 0.3) is 0 Å². The van der Waals surface area contributed by atoms with E-state index in [1.165, 1.54) is 0 Å². The summed E-state index contributed by atoms with van der Waals surface area (Å²) in [6.07, 6.45) is 1.96. The molecule has 6 nitrogen and oxygen atoms in total. The van der Waals surface area contributed by atoms with Crippen LogP contribution in [0.4, 0.5) is 0 Å². The summed E-state index contributed by atoms with van der Waals surface area (Å²) in [5, 5.41) is 2.15. The summed E-state index contributed by atoms with van der Waals surface area (Å²) in [5.74, 6) is 0.953. The maximum absolute atomic E-state index is 5.93. The molecule has 0 radical (unpaired) electrons. The summed E-state index contributed by atoms with van der Waals surface area (Å²) in [6.45, 7) is 9.22. The first kappa shape index (κ1) is 31.3. The lowest BCUT2D eigenvalue weighted by atomic mass is 10.4. The van der Waals surface area contributed by atoms with Crippen LogP contribution in [-0.4, -0.2) is 61.2 Å². The summed E-state index contributed by atoms with van der Waals surface area (Å²) in [7, 11) is 0. The van der Waals surface area contributed by atoms with Crippen LogP contribution in [0.2, 0.25) is 10.0 Å². The number of thioether (sulfide) groups is 1. The highest BCUT2D eigenvalue weighted by atomic mass is 35.5. The molecule has 182 valence electrons. The zero-order valence-corrected chi connectivity index (χ0v) is 22.5. The van der Waals surface area contributed by atoms with E-state index in [2.05, 4.69) is 9.97 Å². The molecule has 0 spiro atoms. The van der Waals surface area contributed by atoms with Crippen molar-refractivity contribution in [1.29, 1.82) is 0 Å². The topological polar surface area (TPSA) is 62.7 Å². The standard InChI is InChI=1S/C10H14ClNO2S.C10H14ClNO2.CH2Cl2/c1-3-13-6-7-14-10-8(11)4-5-9(12-10)15-2;1-3-13-6-7-14-10-9(11)5-4-8(2)12-10;2-1-3/h4-5H,3,6-7H2,1-2H3;4-5H,3,6-7H2,1-2H3;1H2. The van der Waals surface area contributed by atoms with E-state index in [-0.39, 0.29) is 5.34 Å². The maximum Gasteiger partial charge on any atom is 0.233 e. The SMILES string of the molecule is CCOCCOc1nc(C)ccc1Cl.CCOCCOc1nc(SC)ccc1Cl.ClCCl. The third-order valence-corrected chi connectivity index (χ3v) is 4.51. The Morgan fingerprint density at radius 3 is 1.72 bits per heavy atom. The Morgan fingerprint density at radius 2 is 1.25 bits per heavy atom. The van der Waals surface area contributed by atoms with Crippen molar-refractivity contribution in [2.75, 3.05) is 51.2 Å². The zero-order chi connectivity index (χ0) is 24.2. The van der Waals surface area contributed by atoms with Crippen molar-refractivity contribution in [2.24, 2.45) is 0 Å². The van der Waals surface area contributed by atoms with Gasteiger partial charge in [-0.1, -0.05) is 23.2 Å². The van der Waals surface area contributed by atoms with Crippen molar-refractivity contribution >= 4 is 58.2 Å². The molecule has 0 aliphatic carbocycles. The van der Waals surface area contributed by atoms with Crippen molar-refractivity contribution in [2.45, 2.75) is 25.8 Å². The first-order chi connectivity index (χ1) is 15.4. The van der Waals surface area contributed by atoms with E-state index < -0.39 is 0 Å². The number of rotatable bonds is 11. The van der Waals surface area contributed by atoms with Crippen molar-refractivity contribution in [1.82, 2.24) is 9.97 Å². The van der Waals surface area contributed by atoms with Crippen LogP contribution in [0.5, 0.6) is 11.8 Å². The zero-order valence-electron chi connectivity index (χ0n) is 18.7. The molecule has 0 saturated heterocycles. The van der Waals surface area contributed by atoms with Crippen LogP contribution in [0.3, 0.4) is 0 Å². The molecule has 0 saturated carbocycles. The molecular formula is C21H30Cl4N2O4S. The van der Waals surface area contributed by atoms with E-state index in [1.807, 2.05) is 39.2 Å². The third-order valence-electron chi connectivity index (χ3n) is 3.29. The summed E-state index contributed by atoms with van der Waals surface area (Å²) in [4.78, 5) is 8.40. The first-order valence-corrected chi connectivity index (χ1v) is 12.8. The Morgan fingerprint density at radius 1 is 0.781 bits per heavy atom. The normalized spacial score (nSPS) is 9.88. The highest BCUT2D eigenvalue weighted by molar-refractivity contribution is 7.98. The van der Waals surface area contributed by atoms with Gasteiger partial charge in [0.2, 0.25) is 11.8 Å². The van der Waals surface area contributed by atoms with Gasteiger partial charge in [-0.2, -0.15) is 0 Å². The van der Waals surface area contributed by atoms with Gasteiger partial charge < -0.3 is 18.9 Å². The monoisotopic (exact) mass is 546 g/mol. The van der Waals surface area contributed by atoms with Crippen LogP contribution in [0.25, 0.3) is 0 Å². The minimum Gasteiger partial charge on any atom is -0.474 e. The van der Waals surface area contributed by atoms with Crippen LogP contribution in [0, 0.1) is 6.92 Å². The molecule has 2 rings (SSSR count). The Kier molecular flexibility index (Phi) is 20.5. The molecule has 0 amide bonds. The molecule has 0 N–H and O–H groups in total. The van der Waals surface area contributed by atoms with Gasteiger partial charge in [-0.3, -0.25) is 0 Å².